The van der Waals surface area contributed by atoms with Crippen molar-refractivity contribution in [2.75, 3.05) is 0 Å². The van der Waals surface area contributed by atoms with Crippen LogP contribution in [-0.2, 0) is 6.61 Å². The third-order valence-electron chi connectivity index (χ3n) is 2.53. The van der Waals surface area contributed by atoms with Crippen LogP contribution in [0.25, 0.3) is 11.3 Å². The number of hydrogen-bond donors (Lipinski definition) is 1. The van der Waals surface area contributed by atoms with Crippen molar-refractivity contribution in [1.82, 2.24) is 4.98 Å². The molecule has 1 N–H and O–H groups in total. The van der Waals surface area contributed by atoms with Gasteiger partial charge in [0, 0.05) is 16.7 Å². The molecule has 0 fully saturated rings. The summed E-state index contributed by atoms with van der Waals surface area (Å²) in [6.45, 7) is -0.302. The van der Waals surface area contributed by atoms with E-state index in [1.54, 1.807) is 6.07 Å². The molecular formula is C12H8Cl2N2O3. The largest absolute Gasteiger partial charge is 0.392 e. The van der Waals surface area contributed by atoms with E-state index in [-0.39, 0.29) is 28.7 Å². The van der Waals surface area contributed by atoms with Crippen LogP contribution in [0, 0.1) is 10.1 Å². The van der Waals surface area contributed by atoms with Gasteiger partial charge in [-0.05, 0) is 18.2 Å². The highest BCUT2D eigenvalue weighted by Crippen LogP contribution is 2.33. The third kappa shape index (κ3) is 2.84. The van der Waals surface area contributed by atoms with E-state index >= 15 is 0 Å². The summed E-state index contributed by atoms with van der Waals surface area (Å²) in [7, 11) is 0. The first-order chi connectivity index (χ1) is 9.02. The van der Waals surface area contributed by atoms with Crippen LogP contribution in [0.3, 0.4) is 0 Å². The van der Waals surface area contributed by atoms with Gasteiger partial charge in [-0.3, -0.25) is 10.1 Å². The number of nitro benzene ring substituents is 1. The number of rotatable bonds is 3. The number of pyridine rings is 1. The van der Waals surface area contributed by atoms with E-state index in [0.29, 0.717) is 10.6 Å². The SMILES string of the molecule is O=[N+]([O-])c1ccc(Cl)cc1-c1nc(Cl)ccc1CO. The zero-order chi connectivity index (χ0) is 14.0. The van der Waals surface area contributed by atoms with E-state index in [0.717, 1.165) is 0 Å². The number of aliphatic hydroxyl groups is 1. The van der Waals surface area contributed by atoms with Crippen LogP contribution in [0.4, 0.5) is 5.69 Å². The Morgan fingerprint density at radius 3 is 2.63 bits per heavy atom. The van der Waals surface area contributed by atoms with Crippen LogP contribution in [-0.4, -0.2) is 15.0 Å². The molecule has 0 unspecified atom stereocenters. The fourth-order valence-corrected chi connectivity index (χ4v) is 2.00. The maximum Gasteiger partial charge on any atom is 0.278 e. The molecule has 7 heteroatoms. The standard InChI is InChI=1S/C12H8Cl2N2O3/c13-8-2-3-10(16(18)19)9(5-8)12-7(6-17)1-4-11(14)15-12/h1-5,17H,6H2. The molecule has 98 valence electrons. The average molecular weight is 299 g/mol. The van der Waals surface area contributed by atoms with Crippen LogP contribution >= 0.6 is 23.2 Å². The Morgan fingerprint density at radius 2 is 2.00 bits per heavy atom. The summed E-state index contributed by atoms with van der Waals surface area (Å²) in [4.78, 5) is 14.5. The minimum atomic E-state index is -0.532. The molecule has 0 amide bonds. The topological polar surface area (TPSA) is 76.3 Å². The third-order valence-corrected chi connectivity index (χ3v) is 2.97. The molecule has 1 aromatic heterocycles. The summed E-state index contributed by atoms with van der Waals surface area (Å²) in [5.74, 6) is 0. The molecule has 0 saturated heterocycles. The van der Waals surface area contributed by atoms with Gasteiger partial charge in [0.2, 0.25) is 0 Å². The molecule has 0 atom stereocenters. The number of nitro groups is 1. The highest BCUT2D eigenvalue weighted by atomic mass is 35.5. The fourth-order valence-electron chi connectivity index (χ4n) is 1.68. The first kappa shape index (κ1) is 13.7. The van der Waals surface area contributed by atoms with E-state index in [1.165, 1.54) is 24.3 Å². The quantitative estimate of drug-likeness (QED) is 0.535. The predicted molar refractivity (Wildman–Crippen MR) is 72.3 cm³/mol. The molecule has 0 aliphatic rings. The smallest absolute Gasteiger partial charge is 0.278 e. The second kappa shape index (κ2) is 5.52. The van der Waals surface area contributed by atoms with Crippen molar-refractivity contribution in [3.05, 3.63) is 56.2 Å². The van der Waals surface area contributed by atoms with Crippen LogP contribution in [0.2, 0.25) is 10.2 Å². The number of nitrogens with zero attached hydrogens (tertiary/aromatic N) is 2. The maximum absolute atomic E-state index is 11.0. The molecule has 2 rings (SSSR count). The van der Waals surface area contributed by atoms with Gasteiger partial charge in [-0.15, -0.1) is 0 Å². The van der Waals surface area contributed by atoms with E-state index in [2.05, 4.69) is 4.98 Å². The summed E-state index contributed by atoms with van der Waals surface area (Å²) in [6, 6.07) is 7.22. The van der Waals surface area contributed by atoms with Gasteiger partial charge in [0.1, 0.15) is 5.15 Å². The fraction of sp³-hybridized carbons (Fsp3) is 0.0833. The van der Waals surface area contributed by atoms with Crippen LogP contribution in [0.1, 0.15) is 5.56 Å². The van der Waals surface area contributed by atoms with Crippen molar-refractivity contribution in [1.29, 1.82) is 0 Å². The van der Waals surface area contributed by atoms with Gasteiger partial charge in [-0.1, -0.05) is 29.3 Å². The molecule has 1 heterocycles. The minimum Gasteiger partial charge on any atom is -0.392 e. The van der Waals surface area contributed by atoms with E-state index in [1.807, 2.05) is 0 Å². The van der Waals surface area contributed by atoms with Gasteiger partial charge in [0.25, 0.3) is 5.69 Å². The lowest BCUT2D eigenvalue weighted by Crippen LogP contribution is -1.98. The van der Waals surface area contributed by atoms with Crippen molar-refractivity contribution >= 4 is 28.9 Å². The van der Waals surface area contributed by atoms with Crippen molar-refractivity contribution in [2.45, 2.75) is 6.61 Å². The van der Waals surface area contributed by atoms with Crippen LogP contribution < -0.4 is 0 Å². The molecule has 0 radical (unpaired) electrons. The second-order valence-electron chi connectivity index (χ2n) is 3.72. The summed E-state index contributed by atoms with van der Waals surface area (Å²) >= 11 is 11.7. The first-order valence-electron chi connectivity index (χ1n) is 5.23. The Kier molecular flexibility index (Phi) is 3.99. The normalized spacial score (nSPS) is 10.5. The second-order valence-corrected chi connectivity index (χ2v) is 4.54. The Balaban J connectivity index is 2.73. The Hall–Kier alpha value is -1.69. The monoisotopic (exact) mass is 298 g/mol. The lowest BCUT2D eigenvalue weighted by atomic mass is 10.0. The number of hydrogen-bond acceptors (Lipinski definition) is 4. The van der Waals surface area contributed by atoms with Crippen LogP contribution in [0.15, 0.2) is 30.3 Å². The highest BCUT2D eigenvalue weighted by molar-refractivity contribution is 6.31. The van der Waals surface area contributed by atoms with E-state index < -0.39 is 4.92 Å². The predicted octanol–water partition coefficient (Wildman–Crippen LogP) is 3.46. The molecule has 0 aliphatic heterocycles. The molecular weight excluding hydrogens is 291 g/mol. The van der Waals surface area contributed by atoms with Gasteiger partial charge >= 0.3 is 0 Å². The molecule has 0 aliphatic carbocycles. The molecule has 19 heavy (non-hydrogen) atoms. The Labute approximate surface area is 118 Å². The van der Waals surface area contributed by atoms with Gasteiger partial charge < -0.3 is 5.11 Å². The summed E-state index contributed by atoms with van der Waals surface area (Å²) in [5.41, 5.74) is 0.775. The van der Waals surface area contributed by atoms with E-state index in [4.69, 9.17) is 23.2 Å². The molecule has 0 spiro atoms. The molecule has 5 nitrogen and oxygen atoms in total. The van der Waals surface area contributed by atoms with Crippen molar-refractivity contribution in [3.63, 3.8) is 0 Å². The molecule has 0 saturated carbocycles. The Bertz CT molecular complexity index is 647. The average Bonchev–Trinajstić information content (AvgIpc) is 2.38. The first-order valence-corrected chi connectivity index (χ1v) is 5.99. The lowest BCUT2D eigenvalue weighted by Gasteiger charge is -2.08. The van der Waals surface area contributed by atoms with Crippen molar-refractivity contribution in [2.24, 2.45) is 0 Å². The van der Waals surface area contributed by atoms with Gasteiger partial charge in [-0.25, -0.2) is 4.98 Å². The number of aliphatic hydroxyl groups excluding tert-OH is 1. The molecule has 2 aromatic rings. The zero-order valence-corrected chi connectivity index (χ0v) is 11.0. The van der Waals surface area contributed by atoms with Crippen molar-refractivity contribution in [3.8, 4) is 11.3 Å². The van der Waals surface area contributed by atoms with Gasteiger partial charge in [-0.2, -0.15) is 0 Å². The van der Waals surface area contributed by atoms with Crippen LogP contribution in [0.5, 0.6) is 0 Å². The van der Waals surface area contributed by atoms with Gasteiger partial charge in [0.05, 0.1) is 22.8 Å². The number of halogens is 2. The number of benzene rings is 1. The Morgan fingerprint density at radius 1 is 1.26 bits per heavy atom. The molecule has 1 aromatic carbocycles. The maximum atomic E-state index is 11.0. The minimum absolute atomic E-state index is 0.145. The summed E-state index contributed by atoms with van der Waals surface area (Å²) < 4.78 is 0. The zero-order valence-electron chi connectivity index (χ0n) is 9.51. The van der Waals surface area contributed by atoms with Gasteiger partial charge in [0.15, 0.2) is 0 Å². The summed E-state index contributed by atoms with van der Waals surface area (Å²) in [6.07, 6.45) is 0. The highest BCUT2D eigenvalue weighted by Gasteiger charge is 2.19. The lowest BCUT2D eigenvalue weighted by molar-refractivity contribution is -0.384. The number of aromatic nitrogens is 1. The van der Waals surface area contributed by atoms with Crippen molar-refractivity contribution < 1.29 is 10.0 Å². The molecule has 0 bridgehead atoms. The summed E-state index contributed by atoms with van der Waals surface area (Å²) in [5, 5.41) is 20.8. The van der Waals surface area contributed by atoms with E-state index in [9.17, 15) is 15.2 Å².